The number of nitrogens with zero attached hydrogens (tertiary/aromatic N) is 4. The summed E-state index contributed by atoms with van der Waals surface area (Å²) in [5.74, 6) is 1.36. The molecule has 0 unspecified atom stereocenters. The van der Waals surface area contributed by atoms with Crippen LogP contribution in [0.3, 0.4) is 0 Å². The summed E-state index contributed by atoms with van der Waals surface area (Å²) in [6.45, 7) is 8.71. The Bertz CT molecular complexity index is 787. The molecule has 3 rings (SSSR count). The van der Waals surface area contributed by atoms with Gasteiger partial charge in [-0.05, 0) is 50.3 Å². The Kier molecular flexibility index (Phi) is 10.3. The molecular formula is C22H34IN5OS. The molecule has 0 atom stereocenters. The standard InChI is InChI=1S/C22H33N5OS.HI/c1-4-23-22(26(3)14-20-16-29-17(2)25-20)24-13-18-5-7-21(8-6-18)27-11-9-19(15-28)10-12-27;/h5-8,16,19,28H,4,9-15H2,1-3H3,(H,23,24);1H. The minimum Gasteiger partial charge on any atom is -0.396 e. The lowest BCUT2D eigenvalue weighted by molar-refractivity contribution is 0.203. The van der Waals surface area contributed by atoms with Crippen molar-refractivity contribution in [2.24, 2.45) is 10.9 Å². The zero-order valence-electron chi connectivity index (χ0n) is 18.2. The molecule has 0 aliphatic carbocycles. The summed E-state index contributed by atoms with van der Waals surface area (Å²) < 4.78 is 0. The van der Waals surface area contributed by atoms with Crippen molar-refractivity contribution >= 4 is 47.0 Å². The number of guanidine groups is 1. The second-order valence-corrected chi connectivity index (χ2v) is 8.73. The Morgan fingerprint density at radius 3 is 2.57 bits per heavy atom. The summed E-state index contributed by atoms with van der Waals surface area (Å²) >= 11 is 1.68. The molecule has 8 heteroatoms. The van der Waals surface area contributed by atoms with Crippen LogP contribution >= 0.6 is 35.3 Å². The fraction of sp³-hybridized carbons (Fsp3) is 0.545. The highest BCUT2D eigenvalue weighted by molar-refractivity contribution is 14.0. The number of piperidine rings is 1. The summed E-state index contributed by atoms with van der Waals surface area (Å²) in [5, 5.41) is 15.9. The molecule has 0 spiro atoms. The third kappa shape index (κ3) is 7.09. The van der Waals surface area contributed by atoms with E-state index in [-0.39, 0.29) is 24.0 Å². The lowest BCUT2D eigenvalue weighted by Crippen LogP contribution is -2.38. The van der Waals surface area contributed by atoms with Crippen molar-refractivity contribution in [1.29, 1.82) is 0 Å². The number of nitrogens with one attached hydrogen (secondary N) is 1. The van der Waals surface area contributed by atoms with Crippen LogP contribution < -0.4 is 10.2 Å². The number of aryl methyl sites for hydroxylation is 1. The number of benzene rings is 1. The van der Waals surface area contributed by atoms with E-state index in [1.54, 1.807) is 11.3 Å². The lowest BCUT2D eigenvalue weighted by atomic mass is 9.97. The molecule has 0 bridgehead atoms. The summed E-state index contributed by atoms with van der Waals surface area (Å²) in [7, 11) is 2.05. The van der Waals surface area contributed by atoms with Crippen molar-refractivity contribution in [2.75, 3.05) is 38.2 Å². The van der Waals surface area contributed by atoms with Crippen LogP contribution in [-0.2, 0) is 13.1 Å². The SMILES string of the molecule is CCNC(=NCc1ccc(N2CCC(CO)CC2)cc1)N(C)Cc1csc(C)n1.I. The van der Waals surface area contributed by atoms with Crippen LogP contribution in [0.4, 0.5) is 5.69 Å². The summed E-state index contributed by atoms with van der Waals surface area (Å²) in [5.41, 5.74) is 3.54. The predicted octanol–water partition coefficient (Wildman–Crippen LogP) is 3.88. The lowest BCUT2D eigenvalue weighted by Gasteiger charge is -2.32. The average Bonchev–Trinajstić information content (AvgIpc) is 3.16. The van der Waals surface area contributed by atoms with Gasteiger partial charge in [-0.2, -0.15) is 0 Å². The molecule has 30 heavy (non-hydrogen) atoms. The molecule has 0 amide bonds. The van der Waals surface area contributed by atoms with E-state index in [0.717, 1.165) is 55.7 Å². The van der Waals surface area contributed by atoms with Crippen LogP contribution in [0.1, 0.15) is 36.0 Å². The van der Waals surface area contributed by atoms with E-state index in [4.69, 9.17) is 4.99 Å². The first-order chi connectivity index (χ1) is 14.1. The topological polar surface area (TPSA) is 64.0 Å². The second kappa shape index (κ2) is 12.5. The van der Waals surface area contributed by atoms with Crippen molar-refractivity contribution in [3.63, 3.8) is 0 Å². The van der Waals surface area contributed by atoms with Gasteiger partial charge in [-0.1, -0.05) is 12.1 Å². The van der Waals surface area contributed by atoms with Gasteiger partial charge in [-0.25, -0.2) is 9.98 Å². The first-order valence-corrected chi connectivity index (χ1v) is 11.3. The first kappa shape index (κ1) is 24.9. The van der Waals surface area contributed by atoms with Crippen molar-refractivity contribution in [1.82, 2.24) is 15.2 Å². The van der Waals surface area contributed by atoms with Crippen molar-refractivity contribution < 1.29 is 5.11 Å². The maximum atomic E-state index is 9.31. The molecule has 166 valence electrons. The molecule has 1 aliphatic rings. The van der Waals surface area contributed by atoms with Crippen LogP contribution in [0, 0.1) is 12.8 Å². The third-order valence-corrected chi connectivity index (χ3v) is 6.17. The Morgan fingerprint density at radius 2 is 2.00 bits per heavy atom. The van der Waals surface area contributed by atoms with E-state index in [2.05, 4.69) is 63.7 Å². The zero-order chi connectivity index (χ0) is 20.6. The van der Waals surface area contributed by atoms with Gasteiger partial charge in [0.15, 0.2) is 5.96 Å². The van der Waals surface area contributed by atoms with E-state index in [0.29, 0.717) is 19.1 Å². The largest absolute Gasteiger partial charge is 0.396 e. The highest BCUT2D eigenvalue weighted by atomic mass is 127. The van der Waals surface area contributed by atoms with E-state index in [9.17, 15) is 5.11 Å². The van der Waals surface area contributed by atoms with E-state index >= 15 is 0 Å². The van der Waals surface area contributed by atoms with Crippen molar-refractivity contribution in [3.05, 3.63) is 45.9 Å². The number of anilines is 1. The van der Waals surface area contributed by atoms with Crippen molar-refractivity contribution in [3.8, 4) is 0 Å². The fourth-order valence-electron chi connectivity index (χ4n) is 3.62. The number of thiazole rings is 1. The second-order valence-electron chi connectivity index (χ2n) is 7.66. The molecule has 2 N–H and O–H groups in total. The number of rotatable bonds is 7. The maximum absolute atomic E-state index is 9.31. The summed E-state index contributed by atoms with van der Waals surface area (Å²) in [6, 6.07) is 8.73. The van der Waals surface area contributed by atoms with Crippen LogP contribution in [-0.4, -0.2) is 54.2 Å². The normalized spacial score (nSPS) is 15.1. The first-order valence-electron chi connectivity index (χ1n) is 10.4. The van der Waals surface area contributed by atoms with Crippen LogP contribution in [0.2, 0.25) is 0 Å². The molecule has 2 heterocycles. The Morgan fingerprint density at radius 1 is 1.30 bits per heavy atom. The van der Waals surface area contributed by atoms with Gasteiger partial charge in [0.05, 0.1) is 23.8 Å². The van der Waals surface area contributed by atoms with E-state index in [1.807, 2.05) is 6.92 Å². The van der Waals surface area contributed by atoms with E-state index in [1.165, 1.54) is 11.3 Å². The number of aliphatic hydroxyl groups excluding tert-OH is 1. The fourth-order valence-corrected chi connectivity index (χ4v) is 4.22. The zero-order valence-corrected chi connectivity index (χ0v) is 21.3. The molecule has 0 saturated carbocycles. The van der Waals surface area contributed by atoms with E-state index < -0.39 is 0 Å². The molecule has 0 radical (unpaired) electrons. The highest BCUT2D eigenvalue weighted by Crippen LogP contribution is 2.23. The summed E-state index contributed by atoms with van der Waals surface area (Å²) in [4.78, 5) is 13.9. The minimum atomic E-state index is 0. The number of aliphatic imine (C=N–C) groups is 1. The number of hydrogen-bond acceptors (Lipinski definition) is 5. The van der Waals surface area contributed by atoms with Gasteiger partial charge in [-0.15, -0.1) is 35.3 Å². The van der Waals surface area contributed by atoms with Crippen LogP contribution in [0.5, 0.6) is 0 Å². The summed E-state index contributed by atoms with van der Waals surface area (Å²) in [6.07, 6.45) is 2.14. The highest BCUT2D eigenvalue weighted by Gasteiger charge is 2.18. The van der Waals surface area contributed by atoms with Gasteiger partial charge in [0, 0.05) is 44.4 Å². The Balaban J connectivity index is 0.00000320. The number of aliphatic hydroxyl groups is 1. The third-order valence-electron chi connectivity index (χ3n) is 5.35. The molecule has 2 aromatic rings. The number of aromatic nitrogens is 1. The molecule has 1 saturated heterocycles. The molecule has 1 aromatic heterocycles. The van der Waals surface area contributed by atoms with Gasteiger partial charge >= 0.3 is 0 Å². The molecule has 1 aliphatic heterocycles. The molecule has 1 aromatic carbocycles. The monoisotopic (exact) mass is 543 g/mol. The van der Waals surface area contributed by atoms with Crippen LogP contribution in [0.25, 0.3) is 0 Å². The minimum absolute atomic E-state index is 0. The maximum Gasteiger partial charge on any atom is 0.194 e. The molecule has 6 nitrogen and oxygen atoms in total. The smallest absolute Gasteiger partial charge is 0.194 e. The quantitative estimate of drug-likeness (QED) is 0.316. The number of halogens is 1. The van der Waals surface area contributed by atoms with Gasteiger partial charge in [0.2, 0.25) is 0 Å². The predicted molar refractivity (Wildman–Crippen MR) is 137 cm³/mol. The number of hydrogen-bond donors (Lipinski definition) is 2. The van der Waals surface area contributed by atoms with Gasteiger partial charge < -0.3 is 20.2 Å². The van der Waals surface area contributed by atoms with Gasteiger partial charge in [-0.3, -0.25) is 0 Å². The molecule has 1 fully saturated rings. The molecular weight excluding hydrogens is 509 g/mol. The Labute approximate surface area is 201 Å². The van der Waals surface area contributed by atoms with Gasteiger partial charge in [0.1, 0.15) is 0 Å². The average molecular weight is 544 g/mol. The van der Waals surface area contributed by atoms with Gasteiger partial charge in [0.25, 0.3) is 0 Å². The Hall–Kier alpha value is -1.39. The van der Waals surface area contributed by atoms with Crippen molar-refractivity contribution in [2.45, 2.75) is 39.8 Å². The van der Waals surface area contributed by atoms with Crippen LogP contribution in [0.15, 0.2) is 34.6 Å².